The Morgan fingerprint density at radius 3 is 2.38 bits per heavy atom. The van der Waals surface area contributed by atoms with Crippen LogP contribution >= 0.6 is 0 Å². The van der Waals surface area contributed by atoms with Crippen LogP contribution in [0.15, 0.2) is 16.9 Å². The van der Waals surface area contributed by atoms with Crippen molar-refractivity contribution in [2.24, 2.45) is 4.99 Å². The normalized spacial score (nSPS) is 20.7. The molecule has 1 unspecified atom stereocenters. The topological polar surface area (TPSA) is 31.3 Å². The lowest BCUT2D eigenvalue weighted by Gasteiger charge is -2.38. The molecule has 0 aromatic heterocycles. The summed E-state index contributed by atoms with van der Waals surface area (Å²) in [6.45, 7) is 8.65. The number of likely N-dealkylation sites (N-methyl/N-ethyl adjacent to an activating group) is 2. The Hall–Kier alpha value is -1.22. The largest absolute Gasteiger partial charge is 0.416 e. The van der Waals surface area contributed by atoms with Crippen molar-refractivity contribution in [1.29, 1.82) is 0 Å². The van der Waals surface area contributed by atoms with Gasteiger partial charge in [0.15, 0.2) is 14.2 Å². The van der Waals surface area contributed by atoms with Crippen LogP contribution in [0.25, 0.3) is 0 Å². The summed E-state index contributed by atoms with van der Waals surface area (Å²) in [7, 11) is 1.68. The molecule has 0 bridgehead atoms. The first-order chi connectivity index (χ1) is 11.8. The number of alkyl halides is 3. The monoisotopic (exact) mass is 392 g/mol. The number of amidine groups is 1. The second-order valence-corrected chi connectivity index (χ2v) is 12.8. The fraction of sp³-hybridized carbons (Fsp3) is 0.824. The summed E-state index contributed by atoms with van der Waals surface area (Å²) in [4.78, 5) is 10.8. The van der Waals surface area contributed by atoms with E-state index in [-0.39, 0.29) is 6.42 Å². The zero-order chi connectivity index (χ0) is 19.8. The summed E-state index contributed by atoms with van der Waals surface area (Å²) in [5.74, 6) is 0.983. The van der Waals surface area contributed by atoms with E-state index in [9.17, 15) is 13.2 Å². The number of hydrogen-bond acceptors (Lipinski definition) is 5. The van der Waals surface area contributed by atoms with Crippen LogP contribution in [-0.2, 0) is 4.43 Å². The number of halogens is 3. The number of fused-ring (bicyclic) bond motifs is 1. The first-order valence-electron chi connectivity index (χ1n) is 9.02. The summed E-state index contributed by atoms with van der Waals surface area (Å²) in [6, 6.07) is 0. The van der Waals surface area contributed by atoms with Gasteiger partial charge in [-0.15, -0.1) is 0 Å². The highest BCUT2D eigenvalue weighted by atomic mass is 28.4. The zero-order valence-electron chi connectivity index (χ0n) is 16.7. The van der Waals surface area contributed by atoms with Gasteiger partial charge in [0.25, 0.3) is 0 Å². The maximum atomic E-state index is 13.5. The third kappa shape index (κ3) is 4.94. The second kappa shape index (κ2) is 7.42. The van der Waals surface area contributed by atoms with E-state index in [0.717, 1.165) is 18.1 Å². The van der Waals surface area contributed by atoms with Crippen molar-refractivity contribution in [3.63, 3.8) is 0 Å². The molecule has 0 saturated heterocycles. The van der Waals surface area contributed by atoms with E-state index in [4.69, 9.17) is 4.43 Å². The van der Waals surface area contributed by atoms with Crippen LogP contribution in [0.2, 0.25) is 19.6 Å². The van der Waals surface area contributed by atoms with Crippen LogP contribution in [0.1, 0.15) is 26.2 Å². The molecule has 9 heteroatoms. The predicted octanol–water partition coefficient (Wildman–Crippen LogP) is 3.68. The molecule has 0 amide bonds. The minimum atomic E-state index is -4.35. The summed E-state index contributed by atoms with van der Waals surface area (Å²) in [6.07, 6.45) is -1.13. The Balaban J connectivity index is 1.90. The quantitative estimate of drug-likeness (QED) is 0.489. The fourth-order valence-electron chi connectivity index (χ4n) is 3.37. The first kappa shape index (κ1) is 21.1. The molecule has 0 aromatic carbocycles. The van der Waals surface area contributed by atoms with E-state index in [2.05, 4.69) is 25.9 Å². The molecule has 2 aliphatic heterocycles. The molecule has 2 aliphatic rings. The van der Waals surface area contributed by atoms with Gasteiger partial charge in [-0.05, 0) is 45.8 Å². The van der Waals surface area contributed by atoms with Crippen LogP contribution in [0.5, 0.6) is 0 Å². The lowest BCUT2D eigenvalue weighted by atomic mass is 9.98. The molecule has 5 nitrogen and oxygen atoms in total. The maximum Gasteiger partial charge on any atom is 0.416 e. The van der Waals surface area contributed by atoms with Gasteiger partial charge < -0.3 is 19.1 Å². The average Bonchev–Trinajstić information content (AvgIpc) is 2.83. The van der Waals surface area contributed by atoms with Gasteiger partial charge in [0.05, 0.1) is 12.4 Å². The zero-order valence-corrected chi connectivity index (χ0v) is 17.7. The minimum absolute atomic E-state index is 0.00632. The van der Waals surface area contributed by atoms with Crippen molar-refractivity contribution in [2.75, 3.05) is 34.0 Å². The Morgan fingerprint density at radius 2 is 1.81 bits per heavy atom. The molecular weight excluding hydrogens is 361 g/mol. The Morgan fingerprint density at radius 1 is 1.15 bits per heavy atom. The molecule has 0 fully saturated rings. The smallest absolute Gasteiger partial charge is 0.404 e. The molecule has 0 N–H and O–H groups in total. The molecule has 2 heterocycles. The standard InChI is InChI=1S/C17H31F3N4OSi/c1-16(17(18,19)20,25-26(4,5)6)9-7-8-10-24-11-14-15(23(3)13-24)21-12-22(14)2/h11H,7-10,12-13H2,1-6H3. The van der Waals surface area contributed by atoms with Crippen molar-refractivity contribution < 1.29 is 17.6 Å². The van der Waals surface area contributed by atoms with E-state index >= 15 is 0 Å². The van der Waals surface area contributed by atoms with Crippen LogP contribution in [0, 0.1) is 0 Å². The van der Waals surface area contributed by atoms with Gasteiger partial charge in [0.1, 0.15) is 12.3 Å². The highest BCUT2D eigenvalue weighted by Gasteiger charge is 2.53. The molecule has 0 saturated carbocycles. The number of unbranched alkanes of at least 4 members (excludes halogenated alkanes) is 1. The second-order valence-electron chi connectivity index (χ2n) is 8.39. The highest BCUT2D eigenvalue weighted by molar-refractivity contribution is 6.69. The van der Waals surface area contributed by atoms with Crippen molar-refractivity contribution in [1.82, 2.24) is 14.7 Å². The lowest BCUT2D eigenvalue weighted by Crippen LogP contribution is -2.51. The lowest BCUT2D eigenvalue weighted by molar-refractivity contribution is -0.247. The van der Waals surface area contributed by atoms with Crippen LogP contribution in [-0.4, -0.2) is 74.6 Å². The Bertz CT molecular complexity index is 573. The van der Waals surface area contributed by atoms with Gasteiger partial charge in [0.2, 0.25) is 0 Å². The number of hydrogen-bond donors (Lipinski definition) is 0. The predicted molar refractivity (Wildman–Crippen MR) is 100 cm³/mol. The van der Waals surface area contributed by atoms with E-state index in [1.807, 2.05) is 14.1 Å². The van der Waals surface area contributed by atoms with E-state index in [1.54, 1.807) is 19.6 Å². The van der Waals surface area contributed by atoms with Gasteiger partial charge in [-0.25, -0.2) is 4.99 Å². The third-order valence-electron chi connectivity index (χ3n) is 4.61. The van der Waals surface area contributed by atoms with Gasteiger partial charge >= 0.3 is 6.18 Å². The molecule has 150 valence electrons. The van der Waals surface area contributed by atoms with Gasteiger partial charge in [-0.3, -0.25) is 0 Å². The first-order valence-corrected chi connectivity index (χ1v) is 12.4. The van der Waals surface area contributed by atoms with Crippen LogP contribution in [0.4, 0.5) is 13.2 Å². The van der Waals surface area contributed by atoms with E-state index in [0.29, 0.717) is 26.2 Å². The summed E-state index contributed by atoms with van der Waals surface area (Å²) < 4.78 is 46.1. The summed E-state index contributed by atoms with van der Waals surface area (Å²) in [5, 5.41) is 0. The fourth-order valence-corrected chi connectivity index (χ4v) is 4.93. The van der Waals surface area contributed by atoms with Crippen molar-refractivity contribution in [3.8, 4) is 0 Å². The van der Waals surface area contributed by atoms with Gasteiger partial charge in [-0.1, -0.05) is 0 Å². The van der Waals surface area contributed by atoms with Crippen molar-refractivity contribution in [2.45, 2.75) is 57.6 Å². The van der Waals surface area contributed by atoms with Crippen LogP contribution < -0.4 is 0 Å². The van der Waals surface area contributed by atoms with E-state index < -0.39 is 20.1 Å². The third-order valence-corrected chi connectivity index (χ3v) is 5.68. The molecule has 0 radical (unpaired) electrons. The number of rotatable bonds is 7. The summed E-state index contributed by atoms with van der Waals surface area (Å²) >= 11 is 0. The Kier molecular flexibility index (Phi) is 6.02. The molecule has 1 atom stereocenters. The highest BCUT2D eigenvalue weighted by Crippen LogP contribution is 2.39. The van der Waals surface area contributed by atoms with Gasteiger partial charge in [0, 0.05) is 26.8 Å². The Labute approximate surface area is 155 Å². The molecule has 0 spiro atoms. The average molecular weight is 393 g/mol. The van der Waals surface area contributed by atoms with E-state index in [1.165, 1.54) is 6.92 Å². The molecule has 26 heavy (non-hydrogen) atoms. The molecule has 2 rings (SSSR count). The number of aliphatic imine (C=N–C) groups is 1. The van der Waals surface area contributed by atoms with Crippen molar-refractivity contribution in [3.05, 3.63) is 11.9 Å². The number of nitrogens with zero attached hydrogens (tertiary/aromatic N) is 4. The molecule has 0 aromatic rings. The minimum Gasteiger partial charge on any atom is -0.404 e. The summed E-state index contributed by atoms with van der Waals surface area (Å²) in [5.41, 5.74) is -0.985. The van der Waals surface area contributed by atoms with Crippen LogP contribution in [0.3, 0.4) is 0 Å². The maximum absolute atomic E-state index is 13.5. The molecule has 0 aliphatic carbocycles. The SMILES string of the molecule is CN1CN=C2C1=CN(CCCCC(C)(O[Si](C)(C)C)C(F)(F)F)CN2C. The molecular formula is C17H31F3N4OSi. The van der Waals surface area contributed by atoms with Crippen molar-refractivity contribution >= 4 is 14.2 Å². The van der Waals surface area contributed by atoms with Gasteiger partial charge in [-0.2, -0.15) is 13.2 Å².